The first-order valence-corrected chi connectivity index (χ1v) is 7.21. The Balaban J connectivity index is 3.07. The van der Waals surface area contributed by atoms with Gasteiger partial charge in [0.1, 0.15) is 5.82 Å². The average Bonchev–Trinajstić information content (AvgIpc) is 2.41. The summed E-state index contributed by atoms with van der Waals surface area (Å²) in [5.74, 6) is 0.649. The number of aryl methyl sites for hydroxylation is 1. The Morgan fingerprint density at radius 2 is 2.14 bits per heavy atom. The van der Waals surface area contributed by atoms with Gasteiger partial charge in [-0.15, -0.1) is 0 Å². The molecule has 0 radical (unpaired) electrons. The zero-order valence-electron chi connectivity index (χ0n) is 12.9. The molecule has 0 aliphatic rings. The van der Waals surface area contributed by atoms with Crippen molar-refractivity contribution in [2.24, 2.45) is 11.7 Å². The van der Waals surface area contributed by atoms with Crippen molar-refractivity contribution in [3.8, 4) is 0 Å². The van der Waals surface area contributed by atoms with Crippen LogP contribution in [0.1, 0.15) is 36.6 Å². The number of aromatic nitrogens is 2. The SMILES string of the molecule is COC(=O)c1nc(C)cc(N(CCC(N)=S)CC(C)C)n1. The molecule has 1 rings (SSSR count). The van der Waals surface area contributed by atoms with Gasteiger partial charge in [-0.1, -0.05) is 26.1 Å². The molecule has 21 heavy (non-hydrogen) atoms. The van der Waals surface area contributed by atoms with Crippen molar-refractivity contribution in [3.05, 3.63) is 17.6 Å². The van der Waals surface area contributed by atoms with E-state index in [4.69, 9.17) is 18.0 Å². The highest BCUT2D eigenvalue weighted by atomic mass is 32.1. The van der Waals surface area contributed by atoms with Crippen LogP contribution in [-0.4, -0.2) is 41.1 Å². The molecule has 0 saturated heterocycles. The van der Waals surface area contributed by atoms with Crippen molar-refractivity contribution in [2.45, 2.75) is 27.2 Å². The number of carbonyl (C=O) groups is 1. The summed E-state index contributed by atoms with van der Waals surface area (Å²) in [7, 11) is 1.31. The van der Waals surface area contributed by atoms with Gasteiger partial charge in [0.25, 0.3) is 0 Å². The summed E-state index contributed by atoms with van der Waals surface area (Å²) in [4.78, 5) is 22.5. The van der Waals surface area contributed by atoms with Gasteiger partial charge in [0.15, 0.2) is 0 Å². The van der Waals surface area contributed by atoms with E-state index in [1.54, 1.807) is 0 Å². The largest absolute Gasteiger partial charge is 0.463 e. The van der Waals surface area contributed by atoms with E-state index in [1.165, 1.54) is 7.11 Å². The molecule has 1 aromatic rings. The number of methoxy groups -OCH3 is 1. The summed E-state index contributed by atoms with van der Waals surface area (Å²) < 4.78 is 4.68. The number of hydrogen-bond acceptors (Lipinski definition) is 6. The maximum Gasteiger partial charge on any atom is 0.376 e. The van der Waals surface area contributed by atoms with E-state index in [1.807, 2.05) is 13.0 Å². The number of anilines is 1. The maximum absolute atomic E-state index is 11.6. The Morgan fingerprint density at radius 1 is 1.48 bits per heavy atom. The zero-order chi connectivity index (χ0) is 16.0. The molecule has 6 nitrogen and oxygen atoms in total. The van der Waals surface area contributed by atoms with E-state index < -0.39 is 5.97 Å². The minimum Gasteiger partial charge on any atom is -0.463 e. The van der Waals surface area contributed by atoms with Crippen LogP contribution in [0.3, 0.4) is 0 Å². The fraction of sp³-hybridized carbons (Fsp3) is 0.571. The molecule has 1 heterocycles. The van der Waals surface area contributed by atoms with Gasteiger partial charge in [-0.25, -0.2) is 14.8 Å². The lowest BCUT2D eigenvalue weighted by Crippen LogP contribution is -2.32. The molecular formula is C14H22N4O2S. The van der Waals surface area contributed by atoms with Gasteiger partial charge in [-0.2, -0.15) is 0 Å². The lowest BCUT2D eigenvalue weighted by Gasteiger charge is -2.26. The molecule has 7 heteroatoms. The molecule has 0 amide bonds. The second-order valence-corrected chi connectivity index (χ2v) is 5.76. The van der Waals surface area contributed by atoms with Gasteiger partial charge in [-0.05, 0) is 12.8 Å². The van der Waals surface area contributed by atoms with Crippen LogP contribution in [0.25, 0.3) is 0 Å². The van der Waals surface area contributed by atoms with Crippen LogP contribution < -0.4 is 10.6 Å². The third-order valence-corrected chi connectivity index (χ3v) is 2.95. The minimum atomic E-state index is -0.543. The van der Waals surface area contributed by atoms with Crippen LogP contribution in [0, 0.1) is 12.8 Å². The molecule has 0 fully saturated rings. The van der Waals surface area contributed by atoms with Crippen molar-refractivity contribution in [1.29, 1.82) is 0 Å². The Hall–Kier alpha value is -1.76. The lowest BCUT2D eigenvalue weighted by molar-refractivity contribution is 0.0586. The number of nitrogens with zero attached hydrogens (tertiary/aromatic N) is 3. The number of ether oxygens (including phenoxy) is 1. The van der Waals surface area contributed by atoms with E-state index >= 15 is 0 Å². The first-order chi connectivity index (χ1) is 9.83. The van der Waals surface area contributed by atoms with E-state index in [2.05, 4.69) is 33.5 Å². The number of rotatable bonds is 7. The molecule has 0 aromatic carbocycles. The quantitative estimate of drug-likeness (QED) is 0.606. The van der Waals surface area contributed by atoms with E-state index in [-0.39, 0.29) is 5.82 Å². The number of thiocarbonyl (C=S) groups is 1. The Labute approximate surface area is 130 Å². The summed E-state index contributed by atoms with van der Waals surface area (Å²) in [6, 6.07) is 1.84. The molecule has 2 N–H and O–H groups in total. The number of esters is 1. The maximum atomic E-state index is 11.6. The van der Waals surface area contributed by atoms with Crippen molar-refractivity contribution >= 4 is 29.0 Å². The van der Waals surface area contributed by atoms with Crippen LogP contribution >= 0.6 is 12.2 Å². The van der Waals surface area contributed by atoms with Gasteiger partial charge in [-0.3, -0.25) is 0 Å². The molecule has 1 aromatic heterocycles. The van der Waals surface area contributed by atoms with Gasteiger partial charge in [0, 0.05) is 31.3 Å². The molecule has 116 valence electrons. The molecule has 0 saturated carbocycles. The number of nitrogens with two attached hydrogens (primary N) is 1. The Morgan fingerprint density at radius 3 is 2.67 bits per heavy atom. The van der Waals surface area contributed by atoms with Crippen molar-refractivity contribution in [1.82, 2.24) is 9.97 Å². The van der Waals surface area contributed by atoms with E-state index in [0.717, 1.165) is 6.54 Å². The first kappa shape index (κ1) is 17.3. The van der Waals surface area contributed by atoms with Crippen molar-refractivity contribution in [2.75, 3.05) is 25.1 Å². The second-order valence-electron chi connectivity index (χ2n) is 5.24. The molecular weight excluding hydrogens is 288 g/mol. The lowest BCUT2D eigenvalue weighted by atomic mass is 10.2. The summed E-state index contributed by atoms with van der Waals surface area (Å²) in [5.41, 5.74) is 6.29. The summed E-state index contributed by atoms with van der Waals surface area (Å²) >= 11 is 4.93. The smallest absolute Gasteiger partial charge is 0.376 e. The van der Waals surface area contributed by atoms with Crippen molar-refractivity contribution < 1.29 is 9.53 Å². The predicted octanol–water partition coefficient (Wildman–Crippen LogP) is 1.71. The molecule has 0 bridgehead atoms. The fourth-order valence-electron chi connectivity index (χ4n) is 1.88. The minimum absolute atomic E-state index is 0.0663. The van der Waals surface area contributed by atoms with Gasteiger partial charge < -0.3 is 15.4 Å². The highest BCUT2D eigenvalue weighted by Gasteiger charge is 2.16. The highest BCUT2D eigenvalue weighted by molar-refractivity contribution is 7.80. The third kappa shape index (κ3) is 5.63. The van der Waals surface area contributed by atoms with Crippen LogP contribution in [-0.2, 0) is 4.74 Å². The third-order valence-electron chi connectivity index (χ3n) is 2.75. The van der Waals surface area contributed by atoms with Gasteiger partial charge in [0.2, 0.25) is 5.82 Å². The molecule has 0 spiro atoms. The highest BCUT2D eigenvalue weighted by Crippen LogP contribution is 2.15. The van der Waals surface area contributed by atoms with Gasteiger partial charge >= 0.3 is 5.97 Å². The van der Waals surface area contributed by atoms with Crippen LogP contribution in [0.2, 0.25) is 0 Å². The van der Waals surface area contributed by atoms with Gasteiger partial charge in [0.05, 0.1) is 12.1 Å². The van der Waals surface area contributed by atoms with Crippen LogP contribution in [0.5, 0.6) is 0 Å². The Bertz CT molecular complexity index is 520. The first-order valence-electron chi connectivity index (χ1n) is 6.80. The summed E-state index contributed by atoms with van der Waals surface area (Å²) in [6.45, 7) is 7.50. The summed E-state index contributed by atoms with van der Waals surface area (Å²) in [5, 5.41) is 0. The molecule has 0 atom stereocenters. The normalized spacial score (nSPS) is 10.5. The Kier molecular flexibility index (Phi) is 6.48. The monoisotopic (exact) mass is 310 g/mol. The van der Waals surface area contributed by atoms with Crippen LogP contribution in [0.15, 0.2) is 6.07 Å². The number of hydrogen-bond donors (Lipinski definition) is 1. The zero-order valence-corrected chi connectivity index (χ0v) is 13.7. The fourth-order valence-corrected chi connectivity index (χ4v) is 1.97. The summed E-state index contributed by atoms with van der Waals surface area (Å²) in [6.07, 6.45) is 0.596. The number of carbonyl (C=O) groups excluding carboxylic acids is 1. The molecule has 0 aliphatic heterocycles. The van der Waals surface area contributed by atoms with Crippen LogP contribution in [0.4, 0.5) is 5.82 Å². The van der Waals surface area contributed by atoms with E-state index in [0.29, 0.717) is 35.4 Å². The average molecular weight is 310 g/mol. The predicted molar refractivity (Wildman–Crippen MR) is 86.6 cm³/mol. The van der Waals surface area contributed by atoms with E-state index in [9.17, 15) is 4.79 Å². The molecule has 0 unspecified atom stereocenters. The molecule has 0 aliphatic carbocycles. The van der Waals surface area contributed by atoms with Crippen molar-refractivity contribution in [3.63, 3.8) is 0 Å². The standard InChI is InChI=1S/C14H22N4O2S/c1-9(2)8-18(6-5-11(15)21)12-7-10(3)16-13(17-12)14(19)20-4/h7,9H,5-6,8H2,1-4H3,(H2,15,21). The second kappa shape index (κ2) is 7.87. The topological polar surface area (TPSA) is 81.3 Å².